The van der Waals surface area contributed by atoms with Gasteiger partial charge in [0, 0.05) is 29.2 Å². The van der Waals surface area contributed by atoms with Crippen LogP contribution in [0.4, 0.5) is 19.0 Å². The highest BCUT2D eigenvalue weighted by Crippen LogP contribution is 2.33. The Kier molecular flexibility index (Phi) is 4.57. The Morgan fingerprint density at radius 2 is 1.93 bits per heavy atom. The highest BCUT2D eigenvalue weighted by molar-refractivity contribution is 6.31. The maximum Gasteiger partial charge on any atom is 0.573 e. The molecule has 0 N–H and O–H groups in total. The highest BCUT2D eigenvalue weighted by atomic mass is 35.5. The lowest BCUT2D eigenvalue weighted by Gasteiger charge is -2.33. The smallest absolute Gasteiger partial charge is 0.406 e. The molecule has 2 aromatic rings. The van der Waals surface area contributed by atoms with E-state index < -0.39 is 18.0 Å². The molecule has 1 aromatic heterocycles. The molecule has 1 amide bonds. The second kappa shape index (κ2) is 6.80. The minimum atomic E-state index is -4.87. The lowest BCUT2D eigenvalue weighted by molar-refractivity contribution is -0.274. The second-order valence-electron chi connectivity index (χ2n) is 6.74. The van der Waals surface area contributed by atoms with Crippen LogP contribution >= 0.6 is 11.6 Å². The first-order valence-electron chi connectivity index (χ1n) is 8.66. The minimum absolute atomic E-state index is 0.0151. The summed E-state index contributed by atoms with van der Waals surface area (Å²) in [4.78, 5) is 25.5. The van der Waals surface area contributed by atoms with Crippen LogP contribution in [0.5, 0.6) is 5.75 Å². The van der Waals surface area contributed by atoms with Crippen LogP contribution in [0.2, 0.25) is 5.02 Å². The topological polar surface area (TPSA) is 58.6 Å². The summed E-state index contributed by atoms with van der Waals surface area (Å²) in [5, 5.41) is -0.0151. The van der Waals surface area contributed by atoms with Gasteiger partial charge in [-0.3, -0.25) is 4.79 Å². The Bertz CT molecular complexity index is 947. The Hall–Kier alpha value is -2.55. The van der Waals surface area contributed by atoms with E-state index in [-0.39, 0.29) is 17.1 Å². The summed E-state index contributed by atoms with van der Waals surface area (Å²) in [7, 11) is 0. The molecular formula is C18H16ClF3N4O2. The standard InChI is InChI=1S/C18H16ClF3N4O2/c1-10-23-15-9-26(8-14(15)16(24-10)25-3-2-4-25)17(27)11-5-12(19)7-13(6-11)28-18(20,21)22/h5-7H,2-4,8-9H2,1H3. The molecule has 148 valence electrons. The molecule has 0 atom stereocenters. The van der Waals surface area contributed by atoms with E-state index in [0.717, 1.165) is 48.7 Å². The number of alkyl halides is 3. The zero-order chi connectivity index (χ0) is 20.1. The molecule has 2 aliphatic rings. The monoisotopic (exact) mass is 412 g/mol. The summed E-state index contributed by atoms with van der Waals surface area (Å²) >= 11 is 5.89. The van der Waals surface area contributed by atoms with E-state index >= 15 is 0 Å². The summed E-state index contributed by atoms with van der Waals surface area (Å²) in [5.74, 6) is 0.478. The first kappa shape index (κ1) is 18.8. The van der Waals surface area contributed by atoms with Gasteiger partial charge in [-0.05, 0) is 31.5 Å². The quantitative estimate of drug-likeness (QED) is 0.769. The van der Waals surface area contributed by atoms with Crippen molar-refractivity contribution in [3.05, 3.63) is 45.9 Å². The number of benzene rings is 1. The fourth-order valence-corrected chi connectivity index (χ4v) is 3.58. The van der Waals surface area contributed by atoms with Crippen molar-refractivity contribution >= 4 is 23.3 Å². The lowest BCUT2D eigenvalue weighted by Crippen LogP contribution is -2.38. The number of carbonyl (C=O) groups excluding carboxylic acids is 1. The number of aromatic nitrogens is 2. The maximum absolute atomic E-state index is 12.9. The number of rotatable bonds is 3. The first-order chi connectivity index (χ1) is 13.2. The third-order valence-corrected chi connectivity index (χ3v) is 4.89. The van der Waals surface area contributed by atoms with E-state index in [9.17, 15) is 18.0 Å². The zero-order valence-electron chi connectivity index (χ0n) is 14.9. The number of carbonyl (C=O) groups is 1. The number of hydrogen-bond acceptors (Lipinski definition) is 5. The molecule has 2 aliphatic heterocycles. The number of halogens is 4. The lowest BCUT2D eigenvalue weighted by atomic mass is 10.1. The van der Waals surface area contributed by atoms with Gasteiger partial charge in [-0.15, -0.1) is 13.2 Å². The number of ether oxygens (including phenoxy) is 1. The molecule has 0 bridgehead atoms. The number of fused-ring (bicyclic) bond motifs is 1. The van der Waals surface area contributed by atoms with Gasteiger partial charge in [0.1, 0.15) is 17.4 Å². The summed E-state index contributed by atoms with van der Waals surface area (Å²) in [6, 6.07) is 3.38. The fraction of sp³-hybridized carbons (Fsp3) is 0.389. The van der Waals surface area contributed by atoms with Crippen LogP contribution in [-0.2, 0) is 13.1 Å². The Morgan fingerprint density at radius 3 is 2.57 bits per heavy atom. The van der Waals surface area contributed by atoms with Crippen LogP contribution in [0.25, 0.3) is 0 Å². The molecule has 4 rings (SSSR count). The number of aryl methyl sites for hydroxylation is 1. The second-order valence-corrected chi connectivity index (χ2v) is 7.18. The third-order valence-electron chi connectivity index (χ3n) is 4.67. The summed E-state index contributed by atoms with van der Waals surface area (Å²) in [5.41, 5.74) is 1.67. The molecule has 6 nitrogen and oxygen atoms in total. The van der Waals surface area contributed by atoms with Gasteiger partial charge in [0.2, 0.25) is 0 Å². The van der Waals surface area contributed by atoms with E-state index in [2.05, 4.69) is 19.6 Å². The van der Waals surface area contributed by atoms with Gasteiger partial charge in [-0.2, -0.15) is 0 Å². The number of anilines is 1. The van der Waals surface area contributed by atoms with Crippen LogP contribution in [0.3, 0.4) is 0 Å². The highest BCUT2D eigenvalue weighted by Gasteiger charge is 2.34. The average molecular weight is 413 g/mol. The van der Waals surface area contributed by atoms with E-state index in [0.29, 0.717) is 12.4 Å². The molecule has 0 aliphatic carbocycles. The molecule has 1 fully saturated rings. The normalized spacial score (nSPS) is 16.0. The number of hydrogen-bond donors (Lipinski definition) is 0. The van der Waals surface area contributed by atoms with E-state index in [1.807, 2.05) is 0 Å². The van der Waals surface area contributed by atoms with E-state index in [4.69, 9.17) is 11.6 Å². The zero-order valence-corrected chi connectivity index (χ0v) is 15.6. The van der Waals surface area contributed by atoms with Crippen LogP contribution in [0.1, 0.15) is 33.9 Å². The van der Waals surface area contributed by atoms with Crippen molar-refractivity contribution in [1.29, 1.82) is 0 Å². The molecule has 0 spiro atoms. The van der Waals surface area contributed by atoms with Crippen molar-refractivity contribution in [2.75, 3.05) is 18.0 Å². The van der Waals surface area contributed by atoms with Crippen molar-refractivity contribution < 1.29 is 22.7 Å². The predicted octanol–water partition coefficient (Wildman–Crippen LogP) is 3.70. The van der Waals surface area contributed by atoms with Gasteiger partial charge in [-0.1, -0.05) is 11.6 Å². The molecule has 0 saturated carbocycles. The minimum Gasteiger partial charge on any atom is -0.406 e. The van der Waals surface area contributed by atoms with Crippen molar-refractivity contribution in [1.82, 2.24) is 14.9 Å². The van der Waals surface area contributed by atoms with Crippen molar-refractivity contribution in [3.63, 3.8) is 0 Å². The van der Waals surface area contributed by atoms with Crippen molar-refractivity contribution in [2.45, 2.75) is 32.8 Å². The summed E-state index contributed by atoms with van der Waals surface area (Å²) < 4.78 is 41.4. The molecular weight excluding hydrogens is 397 g/mol. The van der Waals surface area contributed by atoms with Crippen LogP contribution in [0, 0.1) is 6.92 Å². The van der Waals surface area contributed by atoms with Crippen molar-refractivity contribution in [2.24, 2.45) is 0 Å². The Balaban J connectivity index is 1.60. The first-order valence-corrected chi connectivity index (χ1v) is 9.04. The molecule has 10 heteroatoms. The van der Waals surface area contributed by atoms with Gasteiger partial charge in [-0.25, -0.2) is 9.97 Å². The van der Waals surface area contributed by atoms with Gasteiger partial charge < -0.3 is 14.5 Å². The Labute approximate surface area is 163 Å². The Morgan fingerprint density at radius 1 is 1.18 bits per heavy atom. The SMILES string of the molecule is Cc1nc2c(c(N3CCC3)n1)CN(C(=O)c1cc(Cl)cc(OC(F)(F)F)c1)C2. The van der Waals surface area contributed by atoms with E-state index in [1.165, 1.54) is 11.0 Å². The summed E-state index contributed by atoms with van der Waals surface area (Å²) in [6.07, 6.45) is -3.78. The fourth-order valence-electron chi connectivity index (χ4n) is 3.35. The number of nitrogens with zero attached hydrogens (tertiary/aromatic N) is 4. The van der Waals surface area contributed by atoms with Gasteiger partial charge in [0.05, 0.1) is 18.8 Å². The van der Waals surface area contributed by atoms with Crippen LogP contribution in [0.15, 0.2) is 18.2 Å². The predicted molar refractivity (Wildman–Crippen MR) is 95.3 cm³/mol. The maximum atomic E-state index is 12.9. The van der Waals surface area contributed by atoms with Crippen molar-refractivity contribution in [3.8, 4) is 5.75 Å². The molecule has 0 unspecified atom stereocenters. The molecule has 0 radical (unpaired) electrons. The van der Waals surface area contributed by atoms with Gasteiger partial charge in [0.15, 0.2) is 0 Å². The van der Waals surface area contributed by atoms with E-state index in [1.54, 1.807) is 6.92 Å². The largest absolute Gasteiger partial charge is 0.573 e. The molecule has 1 aromatic carbocycles. The van der Waals surface area contributed by atoms with Gasteiger partial charge in [0.25, 0.3) is 5.91 Å². The molecule has 28 heavy (non-hydrogen) atoms. The summed E-state index contributed by atoms with van der Waals surface area (Å²) in [6.45, 7) is 4.17. The van der Waals surface area contributed by atoms with Crippen LogP contribution < -0.4 is 9.64 Å². The molecule has 1 saturated heterocycles. The van der Waals surface area contributed by atoms with Crippen LogP contribution in [-0.4, -0.2) is 40.2 Å². The van der Waals surface area contributed by atoms with Gasteiger partial charge >= 0.3 is 6.36 Å². The number of amides is 1. The average Bonchev–Trinajstić information content (AvgIpc) is 2.94. The molecule has 3 heterocycles. The third kappa shape index (κ3) is 3.71.